The van der Waals surface area contributed by atoms with Gasteiger partial charge < -0.3 is 14.2 Å². The van der Waals surface area contributed by atoms with E-state index in [0.29, 0.717) is 12.8 Å². The van der Waals surface area contributed by atoms with Crippen molar-refractivity contribution < 1.29 is 28.6 Å². The summed E-state index contributed by atoms with van der Waals surface area (Å²) in [7, 11) is 0. The molecule has 6 heteroatoms. The van der Waals surface area contributed by atoms with E-state index in [4.69, 9.17) is 14.2 Å². The van der Waals surface area contributed by atoms with Crippen LogP contribution in [0, 0.1) is 0 Å². The van der Waals surface area contributed by atoms with Crippen LogP contribution in [0.3, 0.4) is 0 Å². The number of allylic oxidation sites excluding steroid dienone is 14. The summed E-state index contributed by atoms with van der Waals surface area (Å²) < 4.78 is 16.5. The zero-order valence-corrected chi connectivity index (χ0v) is 33.3. The minimum absolute atomic E-state index is 0.115. The number of esters is 3. The number of carbonyl (C=O) groups is 3. The predicted octanol–water partition coefficient (Wildman–Crippen LogP) is 12.9. The average Bonchev–Trinajstić information content (AvgIpc) is 3.14. The first-order valence-electron chi connectivity index (χ1n) is 20.6. The van der Waals surface area contributed by atoms with E-state index in [0.717, 1.165) is 103 Å². The second-order valence-corrected chi connectivity index (χ2v) is 13.2. The first-order chi connectivity index (χ1) is 25.5. The number of unbranched alkanes of at least 4 members (excludes halogenated alkanes) is 12. The topological polar surface area (TPSA) is 78.9 Å². The average molecular weight is 723 g/mol. The van der Waals surface area contributed by atoms with Gasteiger partial charge in [-0.3, -0.25) is 14.4 Å². The van der Waals surface area contributed by atoms with E-state index in [1.165, 1.54) is 25.7 Å². The summed E-state index contributed by atoms with van der Waals surface area (Å²) in [5.41, 5.74) is 0. The molecule has 0 aliphatic heterocycles. The minimum atomic E-state index is -0.813. The fraction of sp³-hybridized carbons (Fsp3) is 0.630. The van der Waals surface area contributed by atoms with Crippen LogP contribution >= 0.6 is 0 Å². The maximum Gasteiger partial charge on any atom is 0.306 e. The Kier molecular flexibility index (Phi) is 37.7. The molecular weight excluding hydrogens is 648 g/mol. The van der Waals surface area contributed by atoms with Crippen LogP contribution in [-0.2, 0) is 28.6 Å². The molecule has 52 heavy (non-hydrogen) atoms. The Hall–Kier alpha value is -3.41. The zero-order chi connectivity index (χ0) is 38.0. The third-order valence-corrected chi connectivity index (χ3v) is 8.16. The lowest BCUT2D eigenvalue weighted by Gasteiger charge is -2.18. The van der Waals surface area contributed by atoms with Gasteiger partial charge in [0.05, 0.1) is 0 Å². The van der Waals surface area contributed by atoms with Crippen LogP contribution in [0.1, 0.15) is 168 Å². The highest BCUT2D eigenvalue weighted by atomic mass is 16.6. The van der Waals surface area contributed by atoms with E-state index < -0.39 is 6.10 Å². The molecule has 0 rings (SSSR count). The Morgan fingerprint density at radius 1 is 0.423 bits per heavy atom. The molecule has 0 aromatic carbocycles. The molecule has 1 atom stereocenters. The van der Waals surface area contributed by atoms with Gasteiger partial charge in [0.2, 0.25) is 0 Å². The molecule has 0 aliphatic carbocycles. The lowest BCUT2D eigenvalue weighted by atomic mass is 10.1. The van der Waals surface area contributed by atoms with E-state index in [-0.39, 0.29) is 37.5 Å². The molecule has 0 N–H and O–H groups in total. The molecule has 1 unspecified atom stereocenters. The first-order valence-corrected chi connectivity index (χ1v) is 20.6. The Balaban J connectivity index is 4.55. The molecule has 0 aliphatic rings. The molecule has 0 amide bonds. The highest BCUT2D eigenvalue weighted by molar-refractivity contribution is 5.71. The van der Waals surface area contributed by atoms with Crippen molar-refractivity contribution in [3.05, 3.63) is 85.1 Å². The molecule has 0 aromatic rings. The first kappa shape index (κ1) is 48.6. The Bertz CT molecular complexity index is 1060. The van der Waals surface area contributed by atoms with Crippen molar-refractivity contribution in [2.75, 3.05) is 13.2 Å². The number of ether oxygens (including phenoxy) is 3. The summed E-state index contributed by atoms with van der Waals surface area (Å²) in [6, 6.07) is 0. The third-order valence-electron chi connectivity index (χ3n) is 8.16. The van der Waals surface area contributed by atoms with Crippen LogP contribution in [0.5, 0.6) is 0 Å². The lowest BCUT2D eigenvalue weighted by Crippen LogP contribution is -2.30. The number of rotatable bonds is 35. The van der Waals surface area contributed by atoms with Crippen LogP contribution in [0.4, 0.5) is 0 Å². The molecule has 0 aromatic heterocycles. The number of hydrogen-bond acceptors (Lipinski definition) is 6. The lowest BCUT2D eigenvalue weighted by molar-refractivity contribution is -0.167. The van der Waals surface area contributed by atoms with Crippen LogP contribution in [0.2, 0.25) is 0 Å². The van der Waals surface area contributed by atoms with Gasteiger partial charge in [-0.1, -0.05) is 144 Å². The van der Waals surface area contributed by atoms with Gasteiger partial charge in [-0.05, 0) is 89.9 Å². The standard InChI is InChI=1S/C46H74O6/c1-4-7-10-13-16-19-22-25-27-30-33-36-39-45(48)51-42-43(52-46(49)40-37-34-31-28-24-21-18-15-12-9-6-3)41-50-44(47)38-35-32-29-26-23-20-17-14-11-8-5-2/h7,10,14-21,23-25,27,43H,4-6,8-9,11-13,22,26,28-42H2,1-3H3/b10-7-,17-14-,18-15-,19-16-,23-20-,24-21-,27-25-. The van der Waals surface area contributed by atoms with Crippen molar-refractivity contribution in [1.29, 1.82) is 0 Å². The monoisotopic (exact) mass is 723 g/mol. The minimum Gasteiger partial charge on any atom is -0.462 e. The van der Waals surface area contributed by atoms with E-state index in [1.54, 1.807) is 0 Å². The van der Waals surface area contributed by atoms with E-state index in [1.807, 2.05) is 0 Å². The fourth-order valence-corrected chi connectivity index (χ4v) is 4.99. The molecule has 0 saturated heterocycles. The van der Waals surface area contributed by atoms with Gasteiger partial charge in [-0.15, -0.1) is 0 Å². The number of hydrogen-bond donors (Lipinski definition) is 0. The van der Waals surface area contributed by atoms with Crippen LogP contribution in [-0.4, -0.2) is 37.2 Å². The maximum atomic E-state index is 12.6. The summed E-state index contributed by atoms with van der Waals surface area (Å²) in [5.74, 6) is -1.02. The molecule has 0 radical (unpaired) electrons. The highest BCUT2D eigenvalue weighted by Gasteiger charge is 2.19. The molecular formula is C46H74O6. The Morgan fingerprint density at radius 3 is 1.29 bits per heavy atom. The van der Waals surface area contributed by atoms with Gasteiger partial charge in [0.25, 0.3) is 0 Å². The third kappa shape index (κ3) is 37.8. The van der Waals surface area contributed by atoms with Gasteiger partial charge >= 0.3 is 17.9 Å². The summed E-state index contributed by atoms with van der Waals surface area (Å²) in [4.78, 5) is 37.5. The maximum absolute atomic E-state index is 12.6. The molecule has 0 fully saturated rings. The van der Waals surface area contributed by atoms with Gasteiger partial charge in [0.15, 0.2) is 6.10 Å². The Morgan fingerprint density at radius 2 is 0.808 bits per heavy atom. The second-order valence-electron chi connectivity index (χ2n) is 13.2. The molecule has 0 saturated carbocycles. The van der Waals surface area contributed by atoms with E-state index in [9.17, 15) is 14.4 Å². The summed E-state index contributed by atoms with van der Waals surface area (Å²) in [5, 5.41) is 0. The van der Waals surface area contributed by atoms with Gasteiger partial charge in [-0.25, -0.2) is 0 Å². The quantitative estimate of drug-likeness (QED) is 0.0213. The highest BCUT2D eigenvalue weighted by Crippen LogP contribution is 2.10. The molecule has 0 bridgehead atoms. The second kappa shape index (κ2) is 40.4. The van der Waals surface area contributed by atoms with Crippen molar-refractivity contribution in [2.45, 2.75) is 175 Å². The van der Waals surface area contributed by atoms with Crippen molar-refractivity contribution in [1.82, 2.24) is 0 Å². The summed E-state index contributed by atoms with van der Waals surface area (Å²) >= 11 is 0. The molecule has 0 spiro atoms. The van der Waals surface area contributed by atoms with Crippen molar-refractivity contribution >= 4 is 17.9 Å². The van der Waals surface area contributed by atoms with Crippen molar-refractivity contribution in [2.24, 2.45) is 0 Å². The Labute approximate surface area is 318 Å². The van der Waals surface area contributed by atoms with Gasteiger partial charge in [0.1, 0.15) is 13.2 Å². The van der Waals surface area contributed by atoms with Gasteiger partial charge in [0, 0.05) is 19.3 Å². The SMILES string of the molecule is CC/C=C\C/C=C\C/C=C\CCCCC(=O)OCC(COC(=O)CCCCC/C=C\C=C/CCCC)OC(=O)CCCCC/C=C\C=C/CCCC. The van der Waals surface area contributed by atoms with E-state index >= 15 is 0 Å². The summed E-state index contributed by atoms with van der Waals surface area (Å²) in [6.45, 7) is 6.29. The fourth-order valence-electron chi connectivity index (χ4n) is 4.99. The largest absolute Gasteiger partial charge is 0.462 e. The van der Waals surface area contributed by atoms with Crippen molar-refractivity contribution in [3.8, 4) is 0 Å². The normalized spacial score (nSPS) is 12.9. The molecule has 294 valence electrons. The van der Waals surface area contributed by atoms with Crippen LogP contribution in [0.15, 0.2) is 85.1 Å². The predicted molar refractivity (Wildman–Crippen MR) is 219 cm³/mol. The smallest absolute Gasteiger partial charge is 0.306 e. The molecule has 6 nitrogen and oxygen atoms in total. The van der Waals surface area contributed by atoms with Gasteiger partial charge in [-0.2, -0.15) is 0 Å². The number of carbonyl (C=O) groups excluding carboxylic acids is 3. The van der Waals surface area contributed by atoms with Crippen LogP contribution in [0.25, 0.3) is 0 Å². The zero-order valence-electron chi connectivity index (χ0n) is 33.3. The molecule has 0 heterocycles. The van der Waals surface area contributed by atoms with Crippen molar-refractivity contribution in [3.63, 3.8) is 0 Å². The van der Waals surface area contributed by atoms with Crippen LogP contribution < -0.4 is 0 Å². The summed E-state index contributed by atoms with van der Waals surface area (Å²) in [6.07, 6.45) is 50.0. The van der Waals surface area contributed by atoms with E-state index in [2.05, 4.69) is 106 Å².